The van der Waals surface area contributed by atoms with E-state index in [1.54, 1.807) is 18.2 Å². The molecule has 0 aliphatic carbocycles. The van der Waals surface area contributed by atoms with Gasteiger partial charge >= 0.3 is 6.03 Å². The quantitative estimate of drug-likeness (QED) is 0.720. The predicted octanol–water partition coefficient (Wildman–Crippen LogP) is 2.55. The van der Waals surface area contributed by atoms with Crippen LogP contribution in [0, 0.1) is 0 Å². The largest absolute Gasteiger partial charge is 0.486 e. The van der Waals surface area contributed by atoms with Gasteiger partial charge in [0, 0.05) is 24.0 Å². The van der Waals surface area contributed by atoms with Crippen molar-refractivity contribution < 1.29 is 19.1 Å². The lowest BCUT2D eigenvalue weighted by Gasteiger charge is -2.22. The molecule has 0 aromatic heterocycles. The van der Waals surface area contributed by atoms with Crippen LogP contribution >= 0.6 is 0 Å². The first kappa shape index (κ1) is 19.1. The number of hydrogen-bond acceptors (Lipinski definition) is 5. The van der Waals surface area contributed by atoms with Crippen LogP contribution in [0.2, 0.25) is 0 Å². The Morgan fingerprint density at radius 1 is 1.03 bits per heavy atom. The smallest absolute Gasteiger partial charge is 0.323 e. The van der Waals surface area contributed by atoms with Crippen molar-refractivity contribution in [1.29, 1.82) is 0 Å². The highest BCUT2D eigenvalue weighted by Gasteiger charge is 2.28. The van der Waals surface area contributed by atoms with E-state index < -0.39 is 0 Å². The Hall–Kier alpha value is -3.26. The SMILES string of the molecule is NC(=O)C1CCCN1Cc1cccc(NC(=O)Nc2ccc3c(c2)OCCO3)c1. The van der Waals surface area contributed by atoms with Crippen LogP contribution in [0.4, 0.5) is 16.2 Å². The fraction of sp³-hybridized carbons (Fsp3) is 0.333. The number of carbonyl (C=O) groups is 2. The first-order valence-electron chi connectivity index (χ1n) is 9.68. The lowest BCUT2D eigenvalue weighted by molar-refractivity contribution is -0.122. The number of nitrogens with two attached hydrogens (primary N) is 1. The number of benzene rings is 2. The number of urea groups is 1. The first-order chi connectivity index (χ1) is 14.1. The van der Waals surface area contributed by atoms with Gasteiger partial charge in [-0.1, -0.05) is 12.1 Å². The van der Waals surface area contributed by atoms with Crippen LogP contribution in [0.3, 0.4) is 0 Å². The Balaban J connectivity index is 1.37. The highest BCUT2D eigenvalue weighted by molar-refractivity contribution is 6.00. The number of likely N-dealkylation sites (tertiary alicyclic amines) is 1. The van der Waals surface area contributed by atoms with Gasteiger partial charge in [0.1, 0.15) is 13.2 Å². The molecule has 3 amide bonds. The predicted molar refractivity (Wildman–Crippen MR) is 109 cm³/mol. The number of hydrogen-bond donors (Lipinski definition) is 3. The van der Waals surface area contributed by atoms with Gasteiger partial charge < -0.3 is 25.8 Å². The summed E-state index contributed by atoms with van der Waals surface area (Å²) in [5, 5.41) is 5.64. The topological polar surface area (TPSA) is 106 Å². The number of ether oxygens (including phenoxy) is 2. The molecule has 1 saturated heterocycles. The monoisotopic (exact) mass is 396 g/mol. The van der Waals surface area contributed by atoms with Crippen LogP contribution in [0.25, 0.3) is 0 Å². The average Bonchev–Trinajstić information content (AvgIpc) is 3.16. The highest BCUT2D eigenvalue weighted by atomic mass is 16.6. The zero-order chi connectivity index (χ0) is 20.2. The molecule has 2 aromatic rings. The van der Waals surface area contributed by atoms with Crippen LogP contribution < -0.4 is 25.8 Å². The molecule has 2 aromatic carbocycles. The average molecular weight is 396 g/mol. The number of amides is 3. The second-order valence-electron chi connectivity index (χ2n) is 7.17. The van der Waals surface area contributed by atoms with Gasteiger partial charge in [-0.3, -0.25) is 9.69 Å². The van der Waals surface area contributed by atoms with Crippen molar-refractivity contribution in [3.8, 4) is 11.5 Å². The van der Waals surface area contributed by atoms with E-state index in [1.165, 1.54) is 0 Å². The Kier molecular flexibility index (Phi) is 5.53. The molecule has 4 rings (SSSR count). The molecule has 8 nitrogen and oxygen atoms in total. The molecule has 2 aliphatic heterocycles. The molecular formula is C21H24N4O4. The first-order valence-corrected chi connectivity index (χ1v) is 9.68. The standard InChI is InChI=1S/C21H24N4O4/c22-20(26)17-5-2-8-25(17)13-14-3-1-4-15(11-14)23-21(27)24-16-6-7-18-19(12-16)29-10-9-28-18/h1,3-4,6-7,11-12,17H,2,5,8-10,13H2,(H2,22,26)(H2,23,24,27). The lowest BCUT2D eigenvalue weighted by Crippen LogP contribution is -2.39. The van der Waals surface area contributed by atoms with Crippen LogP contribution in [0.5, 0.6) is 11.5 Å². The second-order valence-corrected chi connectivity index (χ2v) is 7.17. The fourth-order valence-corrected chi connectivity index (χ4v) is 3.73. The van der Waals surface area contributed by atoms with Gasteiger partial charge in [-0.25, -0.2) is 4.79 Å². The maximum atomic E-state index is 12.4. The van der Waals surface area contributed by atoms with Crippen LogP contribution in [0.1, 0.15) is 18.4 Å². The Bertz CT molecular complexity index is 917. The molecule has 0 radical (unpaired) electrons. The minimum atomic E-state index is -0.352. The van der Waals surface area contributed by atoms with Gasteiger partial charge in [0.05, 0.1) is 6.04 Å². The Morgan fingerprint density at radius 3 is 2.59 bits per heavy atom. The summed E-state index contributed by atoms with van der Waals surface area (Å²) in [4.78, 5) is 26.0. The molecule has 2 heterocycles. The number of nitrogens with one attached hydrogen (secondary N) is 2. The third-order valence-corrected chi connectivity index (χ3v) is 5.06. The summed E-state index contributed by atoms with van der Waals surface area (Å²) < 4.78 is 11.0. The van der Waals surface area contributed by atoms with E-state index in [-0.39, 0.29) is 18.0 Å². The van der Waals surface area contributed by atoms with Crippen molar-refractivity contribution >= 4 is 23.3 Å². The van der Waals surface area contributed by atoms with E-state index in [4.69, 9.17) is 15.2 Å². The summed E-state index contributed by atoms with van der Waals surface area (Å²) >= 11 is 0. The van der Waals surface area contributed by atoms with E-state index in [2.05, 4.69) is 15.5 Å². The molecule has 1 fully saturated rings. The molecule has 29 heavy (non-hydrogen) atoms. The summed E-state index contributed by atoms with van der Waals surface area (Å²) in [6.07, 6.45) is 1.76. The molecule has 4 N–H and O–H groups in total. The van der Waals surface area contributed by atoms with Crippen LogP contribution in [-0.2, 0) is 11.3 Å². The second kappa shape index (κ2) is 8.40. The van der Waals surface area contributed by atoms with Gasteiger partial charge in [-0.15, -0.1) is 0 Å². The molecule has 0 saturated carbocycles. The maximum absolute atomic E-state index is 12.4. The van der Waals surface area contributed by atoms with E-state index in [9.17, 15) is 9.59 Å². The van der Waals surface area contributed by atoms with E-state index in [1.807, 2.05) is 24.3 Å². The van der Waals surface area contributed by atoms with E-state index >= 15 is 0 Å². The molecular weight excluding hydrogens is 372 g/mol. The summed E-state index contributed by atoms with van der Waals surface area (Å²) in [5.74, 6) is 1.01. The molecule has 0 spiro atoms. The lowest BCUT2D eigenvalue weighted by atomic mass is 10.1. The number of rotatable bonds is 5. The van der Waals surface area contributed by atoms with E-state index in [0.717, 1.165) is 24.9 Å². The summed E-state index contributed by atoms with van der Waals surface area (Å²) in [6, 6.07) is 12.3. The number of anilines is 2. The van der Waals surface area contributed by atoms with Gasteiger partial charge in [0.2, 0.25) is 5.91 Å². The number of fused-ring (bicyclic) bond motifs is 1. The normalized spacial score (nSPS) is 18.3. The zero-order valence-electron chi connectivity index (χ0n) is 16.0. The summed E-state index contributed by atoms with van der Waals surface area (Å²) in [5.41, 5.74) is 7.79. The van der Waals surface area contributed by atoms with Gasteiger partial charge in [0.15, 0.2) is 11.5 Å². The zero-order valence-corrected chi connectivity index (χ0v) is 16.0. The molecule has 2 aliphatic rings. The molecule has 8 heteroatoms. The minimum Gasteiger partial charge on any atom is -0.486 e. The fourth-order valence-electron chi connectivity index (χ4n) is 3.73. The molecule has 0 bridgehead atoms. The van der Waals surface area contributed by atoms with Gasteiger partial charge in [-0.2, -0.15) is 0 Å². The summed E-state index contributed by atoms with van der Waals surface area (Å²) in [6.45, 7) is 2.47. The number of carbonyl (C=O) groups excluding carboxylic acids is 2. The molecule has 1 atom stereocenters. The Morgan fingerprint density at radius 2 is 1.79 bits per heavy atom. The summed E-state index contributed by atoms with van der Waals surface area (Å²) in [7, 11) is 0. The highest BCUT2D eigenvalue weighted by Crippen LogP contribution is 2.32. The van der Waals surface area contributed by atoms with E-state index in [0.29, 0.717) is 42.6 Å². The van der Waals surface area contributed by atoms with Gasteiger partial charge in [0.25, 0.3) is 0 Å². The van der Waals surface area contributed by atoms with Crippen molar-refractivity contribution in [2.45, 2.75) is 25.4 Å². The molecule has 1 unspecified atom stereocenters. The third kappa shape index (κ3) is 4.60. The number of primary amides is 1. The van der Waals surface area contributed by atoms with Crippen molar-refractivity contribution in [1.82, 2.24) is 4.90 Å². The van der Waals surface area contributed by atoms with Crippen molar-refractivity contribution in [3.63, 3.8) is 0 Å². The van der Waals surface area contributed by atoms with Crippen molar-refractivity contribution in [3.05, 3.63) is 48.0 Å². The van der Waals surface area contributed by atoms with Gasteiger partial charge in [-0.05, 0) is 49.2 Å². The van der Waals surface area contributed by atoms with Crippen molar-refractivity contribution in [2.75, 3.05) is 30.4 Å². The Labute approximate surface area is 169 Å². The third-order valence-electron chi connectivity index (χ3n) is 5.06. The maximum Gasteiger partial charge on any atom is 0.323 e. The number of nitrogens with zero attached hydrogens (tertiary/aromatic N) is 1. The molecule has 152 valence electrons. The van der Waals surface area contributed by atoms with Crippen molar-refractivity contribution in [2.24, 2.45) is 5.73 Å². The minimum absolute atomic E-state index is 0.217. The van der Waals surface area contributed by atoms with Crippen LogP contribution in [-0.4, -0.2) is 42.6 Å². The van der Waals surface area contributed by atoms with Crippen LogP contribution in [0.15, 0.2) is 42.5 Å².